The Morgan fingerprint density at radius 2 is 1.81 bits per heavy atom. The highest BCUT2D eigenvalue weighted by atomic mass is 35.5. The Labute approximate surface area is 188 Å². The van der Waals surface area contributed by atoms with Gasteiger partial charge in [-0.05, 0) is 43.9 Å². The third-order valence-corrected chi connectivity index (χ3v) is 5.50. The Bertz CT molecular complexity index is 1130. The molecule has 0 spiro atoms. The lowest BCUT2D eigenvalue weighted by Gasteiger charge is -2.21. The summed E-state index contributed by atoms with van der Waals surface area (Å²) >= 11 is 5.79. The van der Waals surface area contributed by atoms with Crippen molar-refractivity contribution < 1.29 is 24.0 Å². The number of nitrogens with zero attached hydrogens (tertiary/aromatic N) is 2. The summed E-state index contributed by atoms with van der Waals surface area (Å²) in [6.07, 6.45) is 2.72. The lowest BCUT2D eigenvalue weighted by atomic mass is 9.98. The van der Waals surface area contributed by atoms with Crippen molar-refractivity contribution in [3.63, 3.8) is 0 Å². The van der Waals surface area contributed by atoms with Gasteiger partial charge in [0.2, 0.25) is 0 Å². The molecule has 0 atom stereocenters. The highest BCUT2D eigenvalue weighted by Gasteiger charge is 2.35. The van der Waals surface area contributed by atoms with E-state index in [0.29, 0.717) is 12.8 Å². The average Bonchev–Trinajstić information content (AvgIpc) is 3.26. The topological polar surface area (TPSA) is 139 Å². The molecule has 2 aromatic carbocycles. The molecule has 0 heterocycles. The highest BCUT2D eigenvalue weighted by molar-refractivity contribution is 6.33. The number of esters is 1. The molecule has 1 saturated carbocycles. The van der Waals surface area contributed by atoms with Crippen molar-refractivity contribution in [3.8, 4) is 6.07 Å². The van der Waals surface area contributed by atoms with Gasteiger partial charge < -0.3 is 10.1 Å². The number of nitriles is 1. The van der Waals surface area contributed by atoms with Crippen LogP contribution in [0.25, 0.3) is 0 Å². The molecule has 0 saturated heterocycles. The van der Waals surface area contributed by atoms with Gasteiger partial charge in [0.05, 0.1) is 16.6 Å². The summed E-state index contributed by atoms with van der Waals surface area (Å²) in [7, 11) is 0. The summed E-state index contributed by atoms with van der Waals surface area (Å²) in [6, 6.07) is 11.5. The first-order valence-corrected chi connectivity index (χ1v) is 10.1. The van der Waals surface area contributed by atoms with Crippen molar-refractivity contribution in [3.05, 3.63) is 74.3 Å². The van der Waals surface area contributed by atoms with Crippen LogP contribution < -0.4 is 5.32 Å². The summed E-state index contributed by atoms with van der Waals surface area (Å²) in [5.41, 5.74) is -1.55. The maximum Gasteiger partial charge on any atom is 0.339 e. The van der Waals surface area contributed by atoms with Crippen molar-refractivity contribution in [1.29, 1.82) is 5.26 Å². The molecular formula is C22H18ClN3O6. The molecule has 0 bridgehead atoms. The lowest BCUT2D eigenvalue weighted by Crippen LogP contribution is -2.46. The zero-order valence-corrected chi connectivity index (χ0v) is 17.6. The fraction of sp³-hybridized carbons (Fsp3) is 0.273. The number of carbonyl (C=O) groups excluding carboxylic acids is 3. The van der Waals surface area contributed by atoms with E-state index in [1.54, 1.807) is 0 Å². The third kappa shape index (κ3) is 4.92. The minimum Gasteiger partial charge on any atom is -0.452 e. The second kappa shape index (κ2) is 9.58. The minimum atomic E-state index is -0.944. The predicted molar refractivity (Wildman–Crippen MR) is 113 cm³/mol. The Balaban J connectivity index is 1.75. The van der Waals surface area contributed by atoms with Crippen LogP contribution in [0.1, 0.15) is 52.0 Å². The third-order valence-electron chi connectivity index (χ3n) is 5.18. The molecule has 1 aliphatic rings. The van der Waals surface area contributed by atoms with Gasteiger partial charge in [-0.15, -0.1) is 0 Å². The molecule has 0 radical (unpaired) electrons. The zero-order chi connectivity index (χ0) is 23.3. The van der Waals surface area contributed by atoms with E-state index in [0.717, 1.165) is 18.9 Å². The van der Waals surface area contributed by atoms with Crippen LogP contribution in [0, 0.1) is 21.4 Å². The Morgan fingerprint density at radius 1 is 1.16 bits per heavy atom. The van der Waals surface area contributed by atoms with Crippen LogP contribution in [0.15, 0.2) is 42.5 Å². The molecule has 1 N–H and O–H groups in total. The second-order valence-electron chi connectivity index (χ2n) is 7.32. The van der Waals surface area contributed by atoms with Gasteiger partial charge >= 0.3 is 5.97 Å². The number of ether oxygens (including phenoxy) is 1. The molecule has 1 aliphatic carbocycles. The number of hydrogen-bond donors (Lipinski definition) is 1. The highest BCUT2D eigenvalue weighted by Crippen LogP contribution is 2.29. The SMILES string of the molecule is N#CC1(NC(=O)COC(=O)c2ccccc2C(=O)c2ccc(Cl)c([N+](=O)[O-])c2)CCCC1. The maximum atomic E-state index is 12.9. The normalized spacial score (nSPS) is 14.2. The lowest BCUT2D eigenvalue weighted by molar-refractivity contribution is -0.384. The van der Waals surface area contributed by atoms with Crippen LogP contribution in [-0.4, -0.2) is 34.7 Å². The van der Waals surface area contributed by atoms with Gasteiger partial charge in [0.1, 0.15) is 10.6 Å². The first kappa shape index (κ1) is 22.9. The van der Waals surface area contributed by atoms with Crippen LogP contribution in [0.2, 0.25) is 5.02 Å². The molecule has 32 heavy (non-hydrogen) atoms. The molecule has 0 aliphatic heterocycles. The summed E-state index contributed by atoms with van der Waals surface area (Å²) in [4.78, 5) is 48.1. The molecule has 2 aromatic rings. The number of halogens is 1. The smallest absolute Gasteiger partial charge is 0.339 e. The van der Waals surface area contributed by atoms with Crippen molar-refractivity contribution in [1.82, 2.24) is 5.32 Å². The number of amides is 1. The number of carbonyl (C=O) groups is 3. The number of nitrogens with one attached hydrogen (secondary N) is 1. The van der Waals surface area contributed by atoms with E-state index < -0.39 is 40.4 Å². The Morgan fingerprint density at radius 3 is 2.44 bits per heavy atom. The van der Waals surface area contributed by atoms with Crippen LogP contribution in [0.4, 0.5) is 5.69 Å². The minimum absolute atomic E-state index is 0.0312. The maximum absolute atomic E-state index is 12.9. The molecule has 3 rings (SSSR count). The van der Waals surface area contributed by atoms with Gasteiger partial charge in [-0.1, -0.05) is 29.8 Å². The fourth-order valence-corrected chi connectivity index (χ4v) is 3.75. The van der Waals surface area contributed by atoms with Crippen molar-refractivity contribution in [2.75, 3.05) is 6.61 Å². The largest absolute Gasteiger partial charge is 0.452 e. The van der Waals surface area contributed by atoms with Crippen LogP contribution in [0.5, 0.6) is 0 Å². The van der Waals surface area contributed by atoms with Crippen molar-refractivity contribution in [2.24, 2.45) is 0 Å². The van der Waals surface area contributed by atoms with Gasteiger partial charge in [-0.25, -0.2) is 4.79 Å². The molecule has 10 heteroatoms. The first-order chi connectivity index (χ1) is 15.3. The van der Waals surface area contributed by atoms with Gasteiger partial charge in [0.15, 0.2) is 12.4 Å². The first-order valence-electron chi connectivity index (χ1n) is 9.73. The zero-order valence-electron chi connectivity index (χ0n) is 16.8. The van der Waals surface area contributed by atoms with Gasteiger partial charge in [-0.3, -0.25) is 19.7 Å². The van der Waals surface area contributed by atoms with E-state index in [9.17, 15) is 29.8 Å². The number of benzene rings is 2. The quantitative estimate of drug-likeness (QED) is 0.291. The number of ketones is 1. The molecule has 0 aromatic heterocycles. The van der Waals surface area contributed by atoms with Crippen LogP contribution in [-0.2, 0) is 9.53 Å². The summed E-state index contributed by atoms with van der Waals surface area (Å²) in [6.45, 7) is -0.614. The molecule has 1 fully saturated rings. The monoisotopic (exact) mass is 455 g/mol. The predicted octanol–water partition coefficient (Wildman–Crippen LogP) is 3.59. The molecule has 0 unspecified atom stereocenters. The molecule has 9 nitrogen and oxygen atoms in total. The average molecular weight is 456 g/mol. The Hall–Kier alpha value is -3.77. The summed E-state index contributed by atoms with van der Waals surface area (Å²) in [5, 5.41) is 22.9. The van der Waals surface area contributed by atoms with Gasteiger partial charge in [0.25, 0.3) is 11.6 Å². The summed E-state index contributed by atoms with van der Waals surface area (Å²) < 4.78 is 5.06. The number of nitro benzene ring substituents is 1. The van der Waals surface area contributed by atoms with Gasteiger partial charge in [-0.2, -0.15) is 5.26 Å². The molecule has 1 amide bonds. The van der Waals surface area contributed by atoms with E-state index in [1.807, 2.05) is 0 Å². The van der Waals surface area contributed by atoms with E-state index in [4.69, 9.17) is 16.3 Å². The number of hydrogen-bond acceptors (Lipinski definition) is 7. The van der Waals surface area contributed by atoms with Crippen molar-refractivity contribution in [2.45, 2.75) is 31.2 Å². The standard InChI is InChI=1S/C22H18ClN3O6/c23-17-8-7-14(11-18(17)26(30)31)20(28)15-5-1-2-6-16(15)21(29)32-12-19(27)25-22(13-24)9-3-4-10-22/h1-2,5-8,11H,3-4,9-10,12H2,(H,25,27). The fourth-order valence-electron chi connectivity index (χ4n) is 3.56. The van der Waals surface area contributed by atoms with Crippen molar-refractivity contribution >= 4 is 34.9 Å². The van der Waals surface area contributed by atoms with E-state index in [1.165, 1.54) is 36.4 Å². The van der Waals surface area contributed by atoms with Crippen LogP contribution >= 0.6 is 11.6 Å². The molecule has 164 valence electrons. The van der Waals surface area contributed by atoms with Gasteiger partial charge in [0, 0.05) is 17.2 Å². The van der Waals surface area contributed by atoms with E-state index >= 15 is 0 Å². The second-order valence-corrected chi connectivity index (χ2v) is 7.73. The Kier molecular flexibility index (Phi) is 6.85. The molecular weight excluding hydrogens is 438 g/mol. The van der Waals surface area contributed by atoms with Crippen LogP contribution in [0.3, 0.4) is 0 Å². The number of rotatable bonds is 7. The number of nitro groups is 1. The summed E-state index contributed by atoms with van der Waals surface area (Å²) in [5.74, 6) is -2.17. The van der Waals surface area contributed by atoms with E-state index in [-0.39, 0.29) is 21.7 Å². The van der Waals surface area contributed by atoms with E-state index in [2.05, 4.69) is 11.4 Å².